The molecule has 0 aliphatic heterocycles. The van der Waals surface area contributed by atoms with E-state index in [4.69, 9.17) is 13.9 Å². The molecule has 2 N–H and O–H groups in total. The molecule has 3 heterocycles. The molecule has 4 aromatic rings. The van der Waals surface area contributed by atoms with Crippen LogP contribution in [0.1, 0.15) is 25.1 Å². The van der Waals surface area contributed by atoms with Gasteiger partial charge in [-0.25, -0.2) is 4.79 Å². The number of ether oxygens (including phenoxy) is 2. The van der Waals surface area contributed by atoms with Crippen molar-refractivity contribution < 1.29 is 19.0 Å². The van der Waals surface area contributed by atoms with E-state index in [1.54, 1.807) is 19.2 Å². The number of pyridine rings is 1. The fourth-order valence-electron chi connectivity index (χ4n) is 3.20. The number of hydrogen-bond donors (Lipinski definition) is 2. The predicted molar refractivity (Wildman–Crippen MR) is 122 cm³/mol. The first-order valence-electron chi connectivity index (χ1n) is 10.1. The molecule has 0 radical (unpaired) electrons. The molecule has 0 bridgehead atoms. The van der Waals surface area contributed by atoms with Crippen LogP contribution in [-0.4, -0.2) is 33.5 Å². The summed E-state index contributed by atoms with van der Waals surface area (Å²) in [5, 5.41) is 22.6. The van der Waals surface area contributed by atoms with Crippen LogP contribution < -0.4 is 20.4 Å². The molecule has 0 aliphatic carbocycles. The van der Waals surface area contributed by atoms with Crippen LogP contribution in [0.15, 0.2) is 39.7 Å². The number of aryl methyl sites for hydroxylation is 1. The topological polar surface area (TPSA) is 120 Å². The zero-order chi connectivity index (χ0) is 22.7. The minimum Gasteiger partial charge on any atom is -0.494 e. The maximum atomic E-state index is 12.6. The van der Waals surface area contributed by atoms with Crippen molar-refractivity contribution in [3.05, 3.63) is 52.1 Å². The van der Waals surface area contributed by atoms with Gasteiger partial charge in [-0.1, -0.05) is 11.3 Å². The number of aromatic nitrogens is 3. The molecule has 4 rings (SSSR count). The van der Waals surface area contributed by atoms with Gasteiger partial charge in [0.05, 0.1) is 36.8 Å². The molecule has 10 heteroatoms. The molecule has 32 heavy (non-hydrogen) atoms. The van der Waals surface area contributed by atoms with Crippen molar-refractivity contribution in [1.82, 2.24) is 15.2 Å². The van der Waals surface area contributed by atoms with Crippen LogP contribution in [0.3, 0.4) is 0 Å². The second-order valence-corrected chi connectivity index (χ2v) is 7.76. The number of anilines is 2. The number of rotatable bonds is 8. The van der Waals surface area contributed by atoms with Crippen LogP contribution in [0, 0.1) is 6.92 Å². The van der Waals surface area contributed by atoms with Gasteiger partial charge in [0.2, 0.25) is 5.13 Å². The molecule has 0 atom stereocenters. The van der Waals surface area contributed by atoms with E-state index in [0.717, 1.165) is 0 Å². The Labute approximate surface area is 187 Å². The third-order valence-corrected chi connectivity index (χ3v) is 5.54. The van der Waals surface area contributed by atoms with Gasteiger partial charge in [-0.2, -0.15) is 0 Å². The quantitative estimate of drug-likeness (QED) is 0.406. The summed E-state index contributed by atoms with van der Waals surface area (Å²) in [6.45, 7) is 6.37. The third kappa shape index (κ3) is 4.27. The molecule has 1 aromatic carbocycles. The fourth-order valence-corrected chi connectivity index (χ4v) is 3.96. The van der Waals surface area contributed by atoms with E-state index in [0.29, 0.717) is 62.8 Å². The number of aliphatic hydroxyl groups excluding tert-OH is 1. The lowest BCUT2D eigenvalue weighted by atomic mass is 10.1. The molecule has 0 amide bonds. The monoisotopic (exact) mass is 454 g/mol. The van der Waals surface area contributed by atoms with Crippen molar-refractivity contribution in [1.29, 1.82) is 0 Å². The van der Waals surface area contributed by atoms with Crippen LogP contribution in [0.2, 0.25) is 0 Å². The van der Waals surface area contributed by atoms with Gasteiger partial charge in [-0.05, 0) is 39.0 Å². The molecular weight excluding hydrogens is 432 g/mol. The largest absolute Gasteiger partial charge is 0.494 e. The minimum atomic E-state index is -0.548. The molecule has 0 unspecified atom stereocenters. The molecule has 0 spiro atoms. The summed E-state index contributed by atoms with van der Waals surface area (Å²) in [5.74, 6) is 1.34. The van der Waals surface area contributed by atoms with E-state index in [9.17, 15) is 9.90 Å². The number of fused-ring (bicyclic) bond motifs is 1. The van der Waals surface area contributed by atoms with Crippen LogP contribution in [-0.2, 0) is 6.61 Å². The molecule has 0 fully saturated rings. The van der Waals surface area contributed by atoms with Crippen molar-refractivity contribution in [2.75, 3.05) is 18.5 Å². The minimum absolute atomic E-state index is 0.226. The Kier molecular flexibility index (Phi) is 6.33. The number of aliphatic hydroxyl groups is 1. The van der Waals surface area contributed by atoms with Crippen molar-refractivity contribution >= 4 is 33.1 Å². The lowest BCUT2D eigenvalue weighted by Gasteiger charge is -2.12. The van der Waals surface area contributed by atoms with Gasteiger partial charge in [-0.3, -0.25) is 4.98 Å². The van der Waals surface area contributed by atoms with Gasteiger partial charge < -0.3 is 24.3 Å². The lowest BCUT2D eigenvalue weighted by Crippen LogP contribution is -2.05. The van der Waals surface area contributed by atoms with Gasteiger partial charge in [0.15, 0.2) is 10.6 Å². The van der Waals surface area contributed by atoms with Crippen LogP contribution in [0.25, 0.3) is 21.5 Å². The summed E-state index contributed by atoms with van der Waals surface area (Å²) < 4.78 is 16.7. The van der Waals surface area contributed by atoms with Crippen molar-refractivity contribution in [2.45, 2.75) is 27.4 Å². The van der Waals surface area contributed by atoms with E-state index in [1.807, 2.05) is 32.0 Å². The third-order valence-electron chi connectivity index (χ3n) is 4.67. The summed E-state index contributed by atoms with van der Waals surface area (Å²) in [5.41, 5.74) is 1.87. The first-order valence-corrected chi connectivity index (χ1v) is 10.9. The van der Waals surface area contributed by atoms with Gasteiger partial charge in [0.1, 0.15) is 11.5 Å². The van der Waals surface area contributed by atoms with Crippen LogP contribution in [0.4, 0.5) is 10.8 Å². The summed E-state index contributed by atoms with van der Waals surface area (Å²) in [6.07, 6.45) is 1.56. The number of nitrogens with one attached hydrogen (secondary N) is 1. The van der Waals surface area contributed by atoms with Crippen molar-refractivity contribution in [2.24, 2.45) is 0 Å². The second-order valence-electron chi connectivity index (χ2n) is 6.78. The maximum absolute atomic E-state index is 12.6. The Morgan fingerprint density at radius 1 is 1.16 bits per heavy atom. The fraction of sp³-hybridized carbons (Fsp3) is 0.273. The Hall–Kier alpha value is -3.50. The smallest absolute Gasteiger partial charge is 0.346 e. The Morgan fingerprint density at radius 3 is 2.72 bits per heavy atom. The first-order chi connectivity index (χ1) is 15.5. The van der Waals surface area contributed by atoms with Gasteiger partial charge >= 0.3 is 5.63 Å². The summed E-state index contributed by atoms with van der Waals surface area (Å²) in [4.78, 5) is 16.8. The zero-order valence-corrected chi connectivity index (χ0v) is 18.7. The van der Waals surface area contributed by atoms with Crippen LogP contribution >= 0.6 is 11.3 Å². The summed E-state index contributed by atoms with van der Waals surface area (Å²) in [7, 11) is 0. The molecule has 0 saturated carbocycles. The Bertz CT molecular complexity index is 1320. The van der Waals surface area contributed by atoms with Crippen LogP contribution in [0.5, 0.6) is 11.5 Å². The summed E-state index contributed by atoms with van der Waals surface area (Å²) in [6, 6.07) is 7.14. The SMILES string of the molecule is CCOc1ccc(OCC)c(Nc2nnc(-c3cc4c(CO)cnc(C)c4oc3=O)s2)c1. The number of hydrogen-bond acceptors (Lipinski definition) is 10. The predicted octanol–water partition coefficient (Wildman–Crippen LogP) is 4.05. The van der Waals surface area contributed by atoms with E-state index in [-0.39, 0.29) is 12.2 Å². The van der Waals surface area contributed by atoms with Crippen molar-refractivity contribution in [3.8, 4) is 22.1 Å². The van der Waals surface area contributed by atoms with E-state index < -0.39 is 5.63 Å². The maximum Gasteiger partial charge on any atom is 0.346 e. The van der Waals surface area contributed by atoms with Gasteiger partial charge in [-0.15, -0.1) is 10.2 Å². The summed E-state index contributed by atoms with van der Waals surface area (Å²) >= 11 is 1.20. The number of benzene rings is 1. The lowest BCUT2D eigenvalue weighted by molar-refractivity contribution is 0.282. The van der Waals surface area contributed by atoms with E-state index in [2.05, 4.69) is 20.5 Å². The Morgan fingerprint density at radius 2 is 1.97 bits per heavy atom. The second kappa shape index (κ2) is 9.33. The van der Waals surface area contributed by atoms with Gasteiger partial charge in [0.25, 0.3) is 0 Å². The first kappa shape index (κ1) is 21.7. The molecule has 9 nitrogen and oxygen atoms in total. The standard InChI is InChI=1S/C22H22N4O5S/c1-4-29-14-6-7-18(30-5-2)17(8-14)24-22-26-25-20(32-22)16-9-15-13(11-27)10-23-12(3)19(15)31-21(16)28/h6-10,27H,4-5,11H2,1-3H3,(H,24,26). The molecule has 3 aromatic heterocycles. The van der Waals surface area contributed by atoms with E-state index >= 15 is 0 Å². The highest BCUT2D eigenvalue weighted by Gasteiger charge is 2.17. The number of nitrogens with zero attached hydrogens (tertiary/aromatic N) is 3. The molecule has 0 aliphatic rings. The average Bonchev–Trinajstić information content (AvgIpc) is 3.24. The zero-order valence-electron chi connectivity index (χ0n) is 17.8. The van der Waals surface area contributed by atoms with Crippen molar-refractivity contribution in [3.63, 3.8) is 0 Å². The molecule has 0 saturated heterocycles. The highest BCUT2D eigenvalue weighted by Crippen LogP contribution is 2.35. The highest BCUT2D eigenvalue weighted by atomic mass is 32.1. The molecule has 166 valence electrons. The highest BCUT2D eigenvalue weighted by molar-refractivity contribution is 7.18. The average molecular weight is 455 g/mol. The normalized spacial score (nSPS) is 11.0. The Balaban J connectivity index is 1.71. The molecular formula is C22H22N4O5S. The van der Waals surface area contributed by atoms with E-state index in [1.165, 1.54) is 11.3 Å². The van der Waals surface area contributed by atoms with Gasteiger partial charge in [0, 0.05) is 23.2 Å².